The number of hydrogen-bond donors (Lipinski definition) is 1. The third-order valence-corrected chi connectivity index (χ3v) is 4.84. The van der Waals surface area contributed by atoms with Gasteiger partial charge in [0, 0.05) is 18.2 Å². The van der Waals surface area contributed by atoms with Crippen LogP contribution in [-0.4, -0.2) is 12.6 Å². The highest BCUT2D eigenvalue weighted by Gasteiger charge is 2.48. The van der Waals surface area contributed by atoms with E-state index in [-0.39, 0.29) is 5.60 Å². The Morgan fingerprint density at radius 2 is 1.80 bits per heavy atom. The number of nitrogens with one attached hydrogen (secondary N) is 1. The van der Waals surface area contributed by atoms with Gasteiger partial charge in [-0.3, -0.25) is 0 Å². The van der Waals surface area contributed by atoms with Crippen LogP contribution in [-0.2, 0) is 10.3 Å². The van der Waals surface area contributed by atoms with Crippen molar-refractivity contribution in [2.45, 2.75) is 30.9 Å². The smallest absolute Gasteiger partial charge is 0.111 e. The Kier molecular flexibility index (Phi) is 2.61. The molecular formula is C18H19NO. The predicted molar refractivity (Wildman–Crippen MR) is 81.0 cm³/mol. The van der Waals surface area contributed by atoms with E-state index in [1.54, 1.807) is 0 Å². The third-order valence-electron chi connectivity index (χ3n) is 4.84. The molecule has 0 bridgehead atoms. The van der Waals surface area contributed by atoms with Crippen LogP contribution in [0.3, 0.4) is 0 Å². The lowest BCUT2D eigenvalue weighted by molar-refractivity contribution is -0.0846. The van der Waals surface area contributed by atoms with E-state index >= 15 is 0 Å². The third kappa shape index (κ3) is 1.61. The Morgan fingerprint density at radius 3 is 2.65 bits per heavy atom. The largest absolute Gasteiger partial charge is 0.378 e. The van der Waals surface area contributed by atoms with Crippen LogP contribution < -0.4 is 5.32 Å². The van der Waals surface area contributed by atoms with Crippen molar-refractivity contribution in [3.63, 3.8) is 0 Å². The molecule has 0 saturated carbocycles. The average molecular weight is 265 g/mol. The van der Waals surface area contributed by atoms with Gasteiger partial charge in [0.05, 0.1) is 6.04 Å². The summed E-state index contributed by atoms with van der Waals surface area (Å²) in [6, 6.07) is 19.6. The standard InChI is InChI=1S/C18H19NO/c1-18(13-7-3-2-4-8-13)17-15(11-12-20-18)14-9-5-6-10-16(14)19-17/h2-10,15,17,19H,11-12H2,1H3/t15?,17?,18-/m1/s1. The minimum Gasteiger partial charge on any atom is -0.378 e. The summed E-state index contributed by atoms with van der Waals surface area (Å²) in [5.74, 6) is 0.546. The van der Waals surface area contributed by atoms with Crippen molar-refractivity contribution in [1.82, 2.24) is 0 Å². The maximum absolute atomic E-state index is 6.23. The second-order valence-electron chi connectivity index (χ2n) is 5.93. The summed E-state index contributed by atoms with van der Waals surface area (Å²) in [6.45, 7) is 3.04. The molecule has 2 nitrogen and oxygen atoms in total. The van der Waals surface area contributed by atoms with E-state index in [2.05, 4.69) is 66.8 Å². The van der Waals surface area contributed by atoms with Gasteiger partial charge in [-0.25, -0.2) is 0 Å². The Morgan fingerprint density at radius 1 is 1.05 bits per heavy atom. The van der Waals surface area contributed by atoms with E-state index < -0.39 is 0 Å². The fraction of sp³-hybridized carbons (Fsp3) is 0.333. The lowest BCUT2D eigenvalue weighted by atomic mass is 9.77. The number of rotatable bonds is 1. The van der Waals surface area contributed by atoms with Crippen molar-refractivity contribution < 1.29 is 4.74 Å². The van der Waals surface area contributed by atoms with E-state index in [0.717, 1.165) is 13.0 Å². The van der Waals surface area contributed by atoms with Crippen LogP contribution in [0.5, 0.6) is 0 Å². The molecule has 0 spiro atoms. The van der Waals surface area contributed by atoms with Crippen LogP contribution in [0.1, 0.15) is 30.4 Å². The van der Waals surface area contributed by atoms with Crippen molar-refractivity contribution in [3.8, 4) is 0 Å². The first-order valence-corrected chi connectivity index (χ1v) is 7.34. The van der Waals surface area contributed by atoms with Gasteiger partial charge < -0.3 is 10.1 Å². The molecule has 1 N–H and O–H groups in total. The van der Waals surface area contributed by atoms with E-state index in [0.29, 0.717) is 12.0 Å². The second-order valence-corrected chi connectivity index (χ2v) is 5.93. The highest BCUT2D eigenvalue weighted by molar-refractivity contribution is 5.61. The van der Waals surface area contributed by atoms with E-state index in [1.165, 1.54) is 16.8 Å². The molecule has 2 heterocycles. The van der Waals surface area contributed by atoms with Gasteiger partial charge in [0.25, 0.3) is 0 Å². The number of benzene rings is 2. The minimum atomic E-state index is -0.261. The van der Waals surface area contributed by atoms with Crippen molar-refractivity contribution in [3.05, 3.63) is 65.7 Å². The zero-order chi connectivity index (χ0) is 13.6. The SMILES string of the molecule is C[C@]1(c2ccccc2)OCCC2c3ccccc3NC21. The normalized spacial score (nSPS) is 31.2. The molecule has 0 aliphatic carbocycles. The topological polar surface area (TPSA) is 21.3 Å². The summed E-state index contributed by atoms with van der Waals surface area (Å²) in [4.78, 5) is 0. The first-order chi connectivity index (χ1) is 9.79. The lowest BCUT2D eigenvalue weighted by Gasteiger charge is -2.43. The van der Waals surface area contributed by atoms with Crippen molar-refractivity contribution in [2.75, 3.05) is 11.9 Å². The Hall–Kier alpha value is -1.80. The van der Waals surface area contributed by atoms with E-state index in [9.17, 15) is 0 Å². The Labute approximate surface area is 119 Å². The molecule has 4 rings (SSSR count). The molecule has 20 heavy (non-hydrogen) atoms. The van der Waals surface area contributed by atoms with Gasteiger partial charge in [-0.1, -0.05) is 48.5 Å². The molecule has 1 saturated heterocycles. The molecule has 2 unspecified atom stereocenters. The number of fused-ring (bicyclic) bond motifs is 3. The zero-order valence-corrected chi connectivity index (χ0v) is 11.7. The summed E-state index contributed by atoms with van der Waals surface area (Å²) in [5, 5.41) is 3.70. The lowest BCUT2D eigenvalue weighted by Crippen LogP contribution is -2.49. The molecule has 2 aromatic rings. The molecule has 2 aromatic carbocycles. The quantitative estimate of drug-likeness (QED) is 0.844. The van der Waals surface area contributed by atoms with Crippen LogP contribution in [0.4, 0.5) is 5.69 Å². The maximum Gasteiger partial charge on any atom is 0.111 e. The molecule has 0 amide bonds. The monoisotopic (exact) mass is 265 g/mol. The fourth-order valence-electron chi connectivity index (χ4n) is 3.76. The summed E-state index contributed by atoms with van der Waals surface area (Å²) in [5.41, 5.74) is 3.72. The Balaban J connectivity index is 1.78. The molecule has 2 aliphatic rings. The van der Waals surface area contributed by atoms with E-state index in [1.807, 2.05) is 0 Å². The summed E-state index contributed by atoms with van der Waals surface area (Å²) in [7, 11) is 0. The highest BCUT2D eigenvalue weighted by Crippen LogP contribution is 2.49. The summed E-state index contributed by atoms with van der Waals surface area (Å²) in [6.07, 6.45) is 1.09. The second kappa shape index (κ2) is 4.35. The van der Waals surface area contributed by atoms with Crippen molar-refractivity contribution in [1.29, 1.82) is 0 Å². The summed E-state index contributed by atoms with van der Waals surface area (Å²) < 4.78 is 6.23. The summed E-state index contributed by atoms with van der Waals surface area (Å²) >= 11 is 0. The van der Waals surface area contributed by atoms with Crippen LogP contribution in [0.15, 0.2) is 54.6 Å². The molecule has 0 aromatic heterocycles. The minimum absolute atomic E-state index is 0.261. The van der Waals surface area contributed by atoms with Crippen LogP contribution in [0.25, 0.3) is 0 Å². The van der Waals surface area contributed by atoms with Crippen molar-refractivity contribution >= 4 is 5.69 Å². The van der Waals surface area contributed by atoms with Crippen molar-refractivity contribution in [2.24, 2.45) is 0 Å². The van der Waals surface area contributed by atoms with Gasteiger partial charge in [-0.05, 0) is 30.5 Å². The molecule has 1 fully saturated rings. The predicted octanol–water partition coefficient (Wildman–Crippen LogP) is 3.90. The van der Waals surface area contributed by atoms with Gasteiger partial charge >= 0.3 is 0 Å². The molecule has 2 aliphatic heterocycles. The fourth-order valence-corrected chi connectivity index (χ4v) is 3.76. The maximum atomic E-state index is 6.23. The molecule has 2 heteroatoms. The van der Waals surface area contributed by atoms with Gasteiger partial charge in [0.1, 0.15) is 5.60 Å². The van der Waals surface area contributed by atoms with Gasteiger partial charge in [-0.2, -0.15) is 0 Å². The highest BCUT2D eigenvalue weighted by atomic mass is 16.5. The average Bonchev–Trinajstić information content (AvgIpc) is 2.89. The number of anilines is 1. The first-order valence-electron chi connectivity index (χ1n) is 7.34. The zero-order valence-electron chi connectivity index (χ0n) is 11.7. The molecular weight excluding hydrogens is 246 g/mol. The van der Waals surface area contributed by atoms with Gasteiger partial charge in [0.15, 0.2) is 0 Å². The Bertz CT molecular complexity index is 624. The van der Waals surface area contributed by atoms with Crippen LogP contribution in [0.2, 0.25) is 0 Å². The van der Waals surface area contributed by atoms with Gasteiger partial charge in [-0.15, -0.1) is 0 Å². The molecule has 0 radical (unpaired) electrons. The first kappa shape index (κ1) is 12.0. The van der Waals surface area contributed by atoms with E-state index in [4.69, 9.17) is 4.74 Å². The van der Waals surface area contributed by atoms with Crippen LogP contribution in [0, 0.1) is 0 Å². The van der Waals surface area contributed by atoms with Crippen LogP contribution >= 0.6 is 0 Å². The number of hydrogen-bond acceptors (Lipinski definition) is 2. The van der Waals surface area contributed by atoms with Gasteiger partial charge in [0.2, 0.25) is 0 Å². The number of ether oxygens (including phenoxy) is 1. The molecule has 3 atom stereocenters. The molecule has 102 valence electrons. The number of para-hydroxylation sites is 1.